The lowest BCUT2D eigenvalue weighted by Crippen LogP contribution is -2.34. The molecule has 3 rings (SSSR count). The van der Waals surface area contributed by atoms with E-state index >= 15 is 0 Å². The molecular formula is C20H31NOS. The largest absolute Gasteiger partial charge is 0.492 e. The molecule has 1 aromatic carbocycles. The molecule has 23 heavy (non-hydrogen) atoms. The van der Waals surface area contributed by atoms with Crippen molar-refractivity contribution in [1.29, 1.82) is 0 Å². The van der Waals surface area contributed by atoms with Gasteiger partial charge < -0.3 is 9.64 Å². The van der Waals surface area contributed by atoms with Crippen molar-refractivity contribution in [3.05, 3.63) is 23.8 Å². The molecule has 2 nitrogen and oxygen atoms in total. The molecule has 0 amide bonds. The van der Waals surface area contributed by atoms with Gasteiger partial charge in [0.25, 0.3) is 0 Å². The number of rotatable bonds is 8. The molecule has 1 aliphatic heterocycles. The number of fused-ring (bicyclic) bond motifs is 1. The highest BCUT2D eigenvalue weighted by atomic mass is 32.2. The van der Waals surface area contributed by atoms with Gasteiger partial charge in [0.15, 0.2) is 0 Å². The van der Waals surface area contributed by atoms with Gasteiger partial charge in [-0.25, -0.2) is 0 Å². The van der Waals surface area contributed by atoms with Gasteiger partial charge in [-0.05, 0) is 69.0 Å². The van der Waals surface area contributed by atoms with E-state index in [1.807, 2.05) is 11.8 Å². The quantitative estimate of drug-likeness (QED) is 0.611. The van der Waals surface area contributed by atoms with Crippen molar-refractivity contribution in [2.24, 2.45) is 0 Å². The SMILES string of the molecule is CCN(CCCCOc1cccc2c1SCCC2)C1CCCC1. The highest BCUT2D eigenvalue weighted by molar-refractivity contribution is 7.99. The smallest absolute Gasteiger partial charge is 0.133 e. The maximum absolute atomic E-state index is 6.11. The van der Waals surface area contributed by atoms with E-state index in [0.717, 1.165) is 24.8 Å². The minimum absolute atomic E-state index is 0.860. The number of aryl methyl sites for hydroxylation is 1. The standard InChI is InChI=1S/C20H31NOS/c1-2-21(18-11-3-4-12-18)14-5-6-15-22-19-13-7-9-17-10-8-16-23-20(17)19/h7,9,13,18H,2-6,8,10-12,14-16H2,1H3. The Balaban J connectivity index is 1.40. The van der Waals surface area contributed by atoms with Crippen molar-refractivity contribution in [2.75, 3.05) is 25.4 Å². The first-order chi connectivity index (χ1) is 11.4. The minimum atomic E-state index is 0.860. The van der Waals surface area contributed by atoms with Crippen molar-refractivity contribution in [1.82, 2.24) is 4.90 Å². The summed E-state index contributed by atoms with van der Waals surface area (Å²) in [7, 11) is 0. The van der Waals surface area contributed by atoms with Gasteiger partial charge in [-0.2, -0.15) is 0 Å². The van der Waals surface area contributed by atoms with Crippen LogP contribution in [0.2, 0.25) is 0 Å². The van der Waals surface area contributed by atoms with Crippen LogP contribution in [0.3, 0.4) is 0 Å². The maximum atomic E-state index is 6.11. The van der Waals surface area contributed by atoms with Crippen LogP contribution in [0.25, 0.3) is 0 Å². The van der Waals surface area contributed by atoms with E-state index < -0.39 is 0 Å². The third-order valence-electron chi connectivity index (χ3n) is 5.24. The number of hydrogen-bond donors (Lipinski definition) is 0. The predicted octanol–water partition coefficient (Wildman–Crippen LogP) is 5.15. The summed E-state index contributed by atoms with van der Waals surface area (Å²) in [6, 6.07) is 7.42. The van der Waals surface area contributed by atoms with Crippen LogP contribution in [0.1, 0.15) is 57.4 Å². The fourth-order valence-electron chi connectivity index (χ4n) is 3.94. The monoisotopic (exact) mass is 333 g/mol. The zero-order chi connectivity index (χ0) is 15.9. The Morgan fingerprint density at radius 3 is 2.87 bits per heavy atom. The Morgan fingerprint density at radius 2 is 2.04 bits per heavy atom. The van der Waals surface area contributed by atoms with Crippen LogP contribution in [0.5, 0.6) is 5.75 Å². The molecule has 0 unspecified atom stereocenters. The summed E-state index contributed by atoms with van der Waals surface area (Å²) in [4.78, 5) is 4.09. The molecule has 0 bridgehead atoms. The van der Waals surface area contributed by atoms with Gasteiger partial charge in [-0.3, -0.25) is 0 Å². The summed E-state index contributed by atoms with van der Waals surface area (Å²) in [6.45, 7) is 5.61. The van der Waals surface area contributed by atoms with Crippen LogP contribution in [-0.4, -0.2) is 36.4 Å². The van der Waals surface area contributed by atoms with E-state index in [1.54, 1.807) is 0 Å². The molecule has 1 heterocycles. The molecule has 128 valence electrons. The van der Waals surface area contributed by atoms with Crippen LogP contribution in [0, 0.1) is 0 Å². The average molecular weight is 334 g/mol. The van der Waals surface area contributed by atoms with E-state index in [4.69, 9.17) is 4.74 Å². The molecule has 1 aliphatic carbocycles. The number of unbranched alkanes of at least 4 members (excludes halogenated alkanes) is 1. The fourth-order valence-corrected chi connectivity index (χ4v) is 5.06. The number of nitrogens with zero attached hydrogens (tertiary/aromatic N) is 1. The number of ether oxygens (including phenoxy) is 1. The molecule has 2 aliphatic rings. The lowest BCUT2D eigenvalue weighted by molar-refractivity contribution is 0.197. The van der Waals surface area contributed by atoms with E-state index in [-0.39, 0.29) is 0 Å². The van der Waals surface area contributed by atoms with Gasteiger partial charge in [0.1, 0.15) is 5.75 Å². The average Bonchev–Trinajstić information content (AvgIpc) is 3.12. The summed E-state index contributed by atoms with van der Waals surface area (Å²) in [5.41, 5.74) is 1.48. The van der Waals surface area contributed by atoms with E-state index in [2.05, 4.69) is 30.0 Å². The Labute approximate surface area is 146 Å². The van der Waals surface area contributed by atoms with Crippen LogP contribution < -0.4 is 4.74 Å². The van der Waals surface area contributed by atoms with Crippen molar-refractivity contribution >= 4 is 11.8 Å². The first-order valence-corrected chi connectivity index (χ1v) is 10.5. The molecular weight excluding hydrogens is 302 g/mol. The first kappa shape index (κ1) is 17.2. The normalized spacial score (nSPS) is 18.3. The molecule has 0 radical (unpaired) electrons. The zero-order valence-corrected chi connectivity index (χ0v) is 15.4. The third kappa shape index (κ3) is 4.67. The van der Waals surface area contributed by atoms with Gasteiger partial charge in [-0.15, -0.1) is 11.8 Å². The molecule has 0 spiro atoms. The minimum Gasteiger partial charge on any atom is -0.492 e. The second kappa shape index (κ2) is 8.98. The fraction of sp³-hybridized carbons (Fsp3) is 0.700. The van der Waals surface area contributed by atoms with Gasteiger partial charge in [0, 0.05) is 6.04 Å². The summed E-state index contributed by atoms with van der Waals surface area (Å²) in [5, 5.41) is 0. The van der Waals surface area contributed by atoms with Crippen LogP contribution >= 0.6 is 11.8 Å². The molecule has 1 fully saturated rings. The van der Waals surface area contributed by atoms with Gasteiger partial charge in [0.05, 0.1) is 11.5 Å². The Hall–Kier alpha value is -0.670. The highest BCUT2D eigenvalue weighted by Gasteiger charge is 2.20. The topological polar surface area (TPSA) is 12.5 Å². The molecule has 0 saturated heterocycles. The number of thioether (sulfide) groups is 1. The summed E-state index contributed by atoms with van der Waals surface area (Å²) >= 11 is 1.97. The Bertz CT molecular complexity index is 485. The summed E-state index contributed by atoms with van der Waals surface area (Å²) < 4.78 is 6.11. The molecule has 1 aromatic rings. The highest BCUT2D eigenvalue weighted by Crippen LogP contribution is 2.37. The molecule has 0 N–H and O–H groups in total. The van der Waals surface area contributed by atoms with Crippen molar-refractivity contribution in [3.8, 4) is 5.75 Å². The van der Waals surface area contributed by atoms with E-state index in [0.29, 0.717) is 0 Å². The van der Waals surface area contributed by atoms with Gasteiger partial charge in [0.2, 0.25) is 0 Å². The third-order valence-corrected chi connectivity index (χ3v) is 6.49. The van der Waals surface area contributed by atoms with E-state index in [1.165, 1.54) is 74.2 Å². The Kier molecular flexibility index (Phi) is 6.70. The molecule has 3 heteroatoms. The van der Waals surface area contributed by atoms with Crippen LogP contribution in [0.4, 0.5) is 0 Å². The lowest BCUT2D eigenvalue weighted by atomic mass is 10.1. The van der Waals surface area contributed by atoms with E-state index in [9.17, 15) is 0 Å². The van der Waals surface area contributed by atoms with Crippen molar-refractivity contribution in [3.63, 3.8) is 0 Å². The zero-order valence-electron chi connectivity index (χ0n) is 14.6. The Morgan fingerprint density at radius 1 is 1.17 bits per heavy atom. The molecule has 0 aromatic heterocycles. The number of hydrogen-bond acceptors (Lipinski definition) is 3. The van der Waals surface area contributed by atoms with Gasteiger partial charge in [-0.1, -0.05) is 31.9 Å². The van der Waals surface area contributed by atoms with Crippen molar-refractivity contribution < 1.29 is 4.74 Å². The lowest BCUT2D eigenvalue weighted by Gasteiger charge is -2.27. The van der Waals surface area contributed by atoms with Crippen LogP contribution in [-0.2, 0) is 6.42 Å². The molecule has 1 saturated carbocycles. The van der Waals surface area contributed by atoms with Crippen LogP contribution in [0.15, 0.2) is 23.1 Å². The van der Waals surface area contributed by atoms with Gasteiger partial charge >= 0.3 is 0 Å². The molecule has 0 atom stereocenters. The summed E-state index contributed by atoms with van der Waals surface area (Å²) in [6.07, 6.45) is 10.6. The second-order valence-corrected chi connectivity index (χ2v) is 7.92. The second-order valence-electron chi connectivity index (χ2n) is 6.82. The first-order valence-electron chi connectivity index (χ1n) is 9.50. The maximum Gasteiger partial charge on any atom is 0.133 e. The van der Waals surface area contributed by atoms with Crippen molar-refractivity contribution in [2.45, 2.75) is 69.2 Å². The predicted molar refractivity (Wildman–Crippen MR) is 99.7 cm³/mol. The summed E-state index contributed by atoms with van der Waals surface area (Å²) in [5.74, 6) is 2.36. The number of benzene rings is 1.